The SMILES string of the molecule is C=C(NCc1ccc(F)c(F)c1)C1=NC(=C)N(/N=C\C)C(CN)=C1. The normalized spacial score (nSPS) is 14.7. The molecule has 1 aliphatic heterocycles. The molecule has 0 spiro atoms. The van der Waals surface area contributed by atoms with Crippen LogP contribution in [0.3, 0.4) is 0 Å². The first kappa shape index (κ1) is 17.6. The van der Waals surface area contributed by atoms with Crippen LogP contribution in [0, 0.1) is 11.6 Å². The van der Waals surface area contributed by atoms with E-state index in [4.69, 9.17) is 5.73 Å². The van der Waals surface area contributed by atoms with Gasteiger partial charge in [0.05, 0.1) is 17.1 Å². The zero-order chi connectivity index (χ0) is 17.7. The van der Waals surface area contributed by atoms with E-state index in [-0.39, 0.29) is 13.1 Å². The Kier molecular flexibility index (Phi) is 5.59. The lowest BCUT2D eigenvalue weighted by molar-refractivity contribution is 0.443. The summed E-state index contributed by atoms with van der Waals surface area (Å²) < 4.78 is 26.2. The Balaban J connectivity index is 2.09. The number of nitrogens with one attached hydrogen (secondary N) is 1. The number of nitrogens with two attached hydrogens (primary N) is 1. The highest BCUT2D eigenvalue weighted by atomic mass is 19.2. The first-order valence-corrected chi connectivity index (χ1v) is 7.30. The smallest absolute Gasteiger partial charge is 0.159 e. The molecule has 7 heteroatoms. The van der Waals surface area contributed by atoms with Crippen molar-refractivity contribution in [3.05, 3.63) is 71.8 Å². The van der Waals surface area contributed by atoms with E-state index in [1.165, 1.54) is 6.07 Å². The van der Waals surface area contributed by atoms with Crippen LogP contribution in [0.15, 0.2) is 64.7 Å². The minimum Gasteiger partial charge on any atom is -0.380 e. The Bertz CT molecular complexity index is 749. The molecular formula is C17H19F2N5. The van der Waals surface area contributed by atoms with Gasteiger partial charge >= 0.3 is 0 Å². The van der Waals surface area contributed by atoms with Gasteiger partial charge in [-0.05, 0) is 30.7 Å². The number of aliphatic imine (C=N–C) groups is 1. The lowest BCUT2D eigenvalue weighted by Gasteiger charge is -2.25. The van der Waals surface area contributed by atoms with Crippen LogP contribution in [0.25, 0.3) is 0 Å². The summed E-state index contributed by atoms with van der Waals surface area (Å²) in [5.41, 5.74) is 8.13. The third-order valence-electron chi connectivity index (χ3n) is 3.31. The molecule has 1 aromatic carbocycles. The average molecular weight is 331 g/mol. The highest BCUT2D eigenvalue weighted by molar-refractivity contribution is 6.09. The van der Waals surface area contributed by atoms with Crippen LogP contribution in [-0.2, 0) is 6.54 Å². The Morgan fingerprint density at radius 3 is 2.79 bits per heavy atom. The number of nitrogens with zero attached hydrogens (tertiary/aromatic N) is 3. The number of hydrazone groups is 1. The molecule has 3 N–H and O–H groups in total. The van der Waals surface area contributed by atoms with Crippen molar-refractivity contribution in [1.29, 1.82) is 0 Å². The van der Waals surface area contributed by atoms with Gasteiger partial charge < -0.3 is 11.1 Å². The van der Waals surface area contributed by atoms with E-state index in [0.29, 0.717) is 22.8 Å². The molecule has 2 rings (SSSR count). The molecule has 24 heavy (non-hydrogen) atoms. The van der Waals surface area contributed by atoms with Gasteiger partial charge in [0.15, 0.2) is 11.6 Å². The Labute approximate surface area is 139 Å². The van der Waals surface area contributed by atoms with E-state index in [1.54, 1.807) is 24.2 Å². The van der Waals surface area contributed by atoms with E-state index in [2.05, 4.69) is 28.6 Å². The third kappa shape index (κ3) is 3.94. The van der Waals surface area contributed by atoms with Crippen LogP contribution in [0.5, 0.6) is 0 Å². The van der Waals surface area contributed by atoms with Crippen LogP contribution >= 0.6 is 0 Å². The van der Waals surface area contributed by atoms with Crippen LogP contribution < -0.4 is 11.1 Å². The van der Waals surface area contributed by atoms with Crippen molar-refractivity contribution >= 4 is 11.9 Å². The number of benzene rings is 1. The van der Waals surface area contributed by atoms with Gasteiger partial charge in [0.2, 0.25) is 0 Å². The van der Waals surface area contributed by atoms with E-state index in [9.17, 15) is 8.78 Å². The standard InChI is InChI=1S/C17H19F2N5/c1-4-22-24-12(3)23-17(8-14(24)9-20)11(2)21-10-13-5-6-15(18)16(19)7-13/h4-8,21H,2-3,9-10,20H2,1H3/b22-4-. The molecular weight excluding hydrogens is 312 g/mol. The van der Waals surface area contributed by atoms with Crippen molar-refractivity contribution in [3.63, 3.8) is 0 Å². The lowest BCUT2D eigenvalue weighted by Crippen LogP contribution is -2.28. The van der Waals surface area contributed by atoms with Gasteiger partial charge in [0.25, 0.3) is 0 Å². The molecule has 0 radical (unpaired) electrons. The van der Waals surface area contributed by atoms with Gasteiger partial charge in [-0.25, -0.2) is 18.8 Å². The fourth-order valence-corrected chi connectivity index (χ4v) is 2.11. The zero-order valence-electron chi connectivity index (χ0n) is 13.4. The van der Waals surface area contributed by atoms with Gasteiger partial charge in [-0.2, -0.15) is 5.10 Å². The maximum Gasteiger partial charge on any atom is 0.159 e. The Morgan fingerprint density at radius 1 is 1.42 bits per heavy atom. The van der Waals surface area contributed by atoms with Gasteiger partial charge in [-0.3, -0.25) is 0 Å². The number of allylic oxidation sites excluding steroid dienone is 1. The summed E-state index contributed by atoms with van der Waals surface area (Å²) in [4.78, 5) is 4.33. The molecule has 1 heterocycles. The highest BCUT2D eigenvalue weighted by Gasteiger charge is 2.18. The molecule has 0 saturated heterocycles. The highest BCUT2D eigenvalue weighted by Crippen LogP contribution is 2.20. The minimum atomic E-state index is -0.887. The quantitative estimate of drug-likeness (QED) is 0.788. The summed E-state index contributed by atoms with van der Waals surface area (Å²) in [6, 6.07) is 3.72. The summed E-state index contributed by atoms with van der Waals surface area (Å²) in [6.45, 7) is 10.1. The monoisotopic (exact) mass is 331 g/mol. The zero-order valence-corrected chi connectivity index (χ0v) is 13.4. The van der Waals surface area contributed by atoms with Crippen LogP contribution in [0.4, 0.5) is 8.78 Å². The molecule has 0 aromatic heterocycles. The van der Waals surface area contributed by atoms with Gasteiger partial charge in [0.1, 0.15) is 5.82 Å². The van der Waals surface area contributed by atoms with Crippen molar-refractivity contribution in [2.75, 3.05) is 6.54 Å². The fraction of sp³-hybridized carbons (Fsp3) is 0.176. The summed E-state index contributed by atoms with van der Waals surface area (Å²) in [6.07, 6.45) is 3.37. The summed E-state index contributed by atoms with van der Waals surface area (Å²) in [5.74, 6) is -1.35. The topological polar surface area (TPSA) is 66.0 Å². The largest absolute Gasteiger partial charge is 0.380 e. The van der Waals surface area contributed by atoms with E-state index < -0.39 is 11.6 Å². The maximum atomic E-state index is 13.2. The second-order valence-electron chi connectivity index (χ2n) is 5.02. The van der Waals surface area contributed by atoms with Crippen molar-refractivity contribution in [3.8, 4) is 0 Å². The number of hydrogen-bond acceptors (Lipinski definition) is 5. The van der Waals surface area contributed by atoms with Crippen LogP contribution in [0.1, 0.15) is 12.5 Å². The molecule has 1 aliphatic rings. The van der Waals surface area contributed by atoms with Gasteiger partial charge in [-0.1, -0.05) is 19.2 Å². The second kappa shape index (κ2) is 7.65. The number of hydrogen-bond donors (Lipinski definition) is 2. The van der Waals surface area contributed by atoms with Gasteiger partial charge in [-0.15, -0.1) is 0 Å². The number of halogens is 2. The summed E-state index contributed by atoms with van der Waals surface area (Å²) in [7, 11) is 0. The summed E-state index contributed by atoms with van der Waals surface area (Å²) in [5, 5.41) is 8.73. The molecule has 126 valence electrons. The maximum absolute atomic E-state index is 13.2. The molecule has 0 aliphatic carbocycles. The second-order valence-corrected chi connectivity index (χ2v) is 5.02. The number of rotatable bonds is 6. The van der Waals surface area contributed by atoms with Crippen molar-refractivity contribution < 1.29 is 8.78 Å². The minimum absolute atomic E-state index is 0.256. The molecule has 0 bridgehead atoms. The van der Waals surface area contributed by atoms with E-state index >= 15 is 0 Å². The Hall–Kier alpha value is -2.80. The molecule has 0 fully saturated rings. The average Bonchev–Trinajstić information content (AvgIpc) is 2.57. The molecule has 0 amide bonds. The van der Waals surface area contributed by atoms with Gasteiger partial charge in [0, 0.05) is 19.3 Å². The van der Waals surface area contributed by atoms with Crippen molar-refractivity contribution in [2.45, 2.75) is 13.5 Å². The van der Waals surface area contributed by atoms with E-state index in [1.807, 2.05) is 0 Å². The first-order valence-electron chi connectivity index (χ1n) is 7.30. The molecule has 1 aromatic rings. The van der Waals surface area contributed by atoms with Crippen molar-refractivity contribution in [2.24, 2.45) is 15.8 Å². The molecule has 5 nitrogen and oxygen atoms in total. The van der Waals surface area contributed by atoms with E-state index in [0.717, 1.165) is 17.8 Å². The summed E-state index contributed by atoms with van der Waals surface area (Å²) >= 11 is 0. The molecule has 0 atom stereocenters. The lowest BCUT2D eigenvalue weighted by atomic mass is 10.1. The fourth-order valence-electron chi connectivity index (χ4n) is 2.11. The third-order valence-corrected chi connectivity index (χ3v) is 3.31. The van der Waals surface area contributed by atoms with Crippen LogP contribution in [-0.4, -0.2) is 23.5 Å². The van der Waals surface area contributed by atoms with Crippen molar-refractivity contribution in [1.82, 2.24) is 10.3 Å². The molecule has 0 saturated carbocycles. The molecule has 0 unspecified atom stereocenters. The predicted molar refractivity (Wildman–Crippen MR) is 92.1 cm³/mol. The first-order chi connectivity index (χ1) is 11.5. The predicted octanol–water partition coefficient (Wildman–Crippen LogP) is 2.64. The van der Waals surface area contributed by atoms with Crippen LogP contribution in [0.2, 0.25) is 0 Å². The Morgan fingerprint density at radius 2 is 2.17 bits per heavy atom.